The van der Waals surface area contributed by atoms with Gasteiger partial charge in [-0.1, -0.05) is 24.3 Å². The molecule has 3 rings (SSSR count). The lowest BCUT2D eigenvalue weighted by Crippen LogP contribution is -3.00. The van der Waals surface area contributed by atoms with Crippen molar-refractivity contribution in [3.8, 4) is 5.75 Å². The van der Waals surface area contributed by atoms with E-state index in [1.807, 2.05) is 12.1 Å². The van der Waals surface area contributed by atoms with Gasteiger partial charge in [-0.15, -0.1) is 0 Å². The lowest BCUT2D eigenvalue weighted by atomic mass is 10.1. The van der Waals surface area contributed by atoms with Crippen LogP contribution in [0.1, 0.15) is 11.3 Å². The maximum atomic E-state index is 5.17. The molecular weight excluding hydrogens is 385 g/mol. The van der Waals surface area contributed by atoms with Gasteiger partial charge >= 0.3 is 0 Å². The molecule has 0 atom stereocenters. The maximum absolute atomic E-state index is 5.17. The minimum atomic E-state index is 0. The molecule has 2 nitrogen and oxygen atoms in total. The number of fused-ring (bicyclic) bond motifs is 1. The fourth-order valence-corrected chi connectivity index (χ4v) is 2.42. The molecule has 0 unspecified atom stereocenters. The molecule has 0 fully saturated rings. The third-order valence-electron chi connectivity index (χ3n) is 3.68. The Morgan fingerprint density at radius 3 is 2.32 bits per heavy atom. The smallest absolute Gasteiger partial charge is 0.212 e. The second kappa shape index (κ2) is 7.40. The van der Waals surface area contributed by atoms with E-state index in [2.05, 4.69) is 72.3 Å². The topological polar surface area (TPSA) is 13.1 Å². The van der Waals surface area contributed by atoms with E-state index in [0.29, 0.717) is 0 Å². The van der Waals surface area contributed by atoms with Crippen molar-refractivity contribution in [2.45, 2.75) is 0 Å². The molecule has 3 heteroatoms. The van der Waals surface area contributed by atoms with Gasteiger partial charge < -0.3 is 28.7 Å². The minimum absolute atomic E-state index is 0. The number of rotatable bonds is 3. The summed E-state index contributed by atoms with van der Waals surface area (Å²) in [6.45, 7) is 0. The molecule has 0 saturated heterocycles. The van der Waals surface area contributed by atoms with E-state index in [9.17, 15) is 0 Å². The van der Waals surface area contributed by atoms with Crippen molar-refractivity contribution < 1.29 is 33.3 Å². The summed E-state index contributed by atoms with van der Waals surface area (Å²) in [5, 5.41) is 1.25. The van der Waals surface area contributed by atoms with Gasteiger partial charge in [0.2, 0.25) is 11.2 Å². The summed E-state index contributed by atoms with van der Waals surface area (Å²) in [5.74, 6) is 0.878. The highest BCUT2D eigenvalue weighted by Crippen LogP contribution is 2.14. The molecule has 0 radical (unpaired) electrons. The molecule has 0 saturated carbocycles. The summed E-state index contributed by atoms with van der Waals surface area (Å²) in [5.41, 5.74) is 3.56. The van der Waals surface area contributed by atoms with E-state index in [1.54, 1.807) is 7.11 Å². The zero-order valence-electron chi connectivity index (χ0n) is 12.7. The van der Waals surface area contributed by atoms with Crippen LogP contribution in [0.5, 0.6) is 5.75 Å². The Labute approximate surface area is 148 Å². The zero-order chi connectivity index (χ0) is 14.7. The quantitative estimate of drug-likeness (QED) is 0.467. The Kier molecular flexibility index (Phi) is 5.55. The number of methoxy groups -OCH3 is 1. The summed E-state index contributed by atoms with van der Waals surface area (Å²) < 4.78 is 7.37. The van der Waals surface area contributed by atoms with Crippen LogP contribution in [0.4, 0.5) is 0 Å². The van der Waals surface area contributed by atoms with Crippen LogP contribution in [0, 0.1) is 0 Å². The molecule has 0 aliphatic heterocycles. The van der Waals surface area contributed by atoms with Gasteiger partial charge in [0.25, 0.3) is 0 Å². The van der Waals surface area contributed by atoms with E-state index in [0.717, 1.165) is 11.3 Å². The van der Waals surface area contributed by atoms with Gasteiger partial charge in [0, 0.05) is 23.6 Å². The van der Waals surface area contributed by atoms with Crippen LogP contribution in [0.25, 0.3) is 23.1 Å². The number of hydrogen-bond donors (Lipinski definition) is 0. The first kappa shape index (κ1) is 16.5. The first-order valence-corrected chi connectivity index (χ1v) is 6.98. The third-order valence-corrected chi connectivity index (χ3v) is 3.68. The van der Waals surface area contributed by atoms with Crippen LogP contribution in [0.3, 0.4) is 0 Å². The number of para-hydroxylation sites is 1. The number of nitrogens with zero attached hydrogens (tertiary/aromatic N) is 1. The Bertz CT molecular complexity index is 794. The SMILES string of the molecule is COc1ccc(C=Cc2ccc3ccccc3[n+]2C)cc1.[I-]. The van der Waals surface area contributed by atoms with Gasteiger partial charge in [0.15, 0.2) is 0 Å². The van der Waals surface area contributed by atoms with E-state index >= 15 is 0 Å². The van der Waals surface area contributed by atoms with Crippen molar-refractivity contribution in [3.05, 3.63) is 71.9 Å². The van der Waals surface area contributed by atoms with Crippen molar-refractivity contribution in [2.75, 3.05) is 7.11 Å². The van der Waals surface area contributed by atoms with Crippen LogP contribution in [0.15, 0.2) is 60.7 Å². The molecular formula is C19H18INO. The largest absolute Gasteiger partial charge is 1.00 e. The van der Waals surface area contributed by atoms with Gasteiger partial charge in [0.1, 0.15) is 12.8 Å². The minimum Gasteiger partial charge on any atom is -1.00 e. The summed E-state index contributed by atoms with van der Waals surface area (Å²) in [4.78, 5) is 0. The summed E-state index contributed by atoms with van der Waals surface area (Å²) >= 11 is 0. The number of ether oxygens (including phenoxy) is 1. The molecule has 0 spiro atoms. The van der Waals surface area contributed by atoms with Crippen molar-refractivity contribution in [3.63, 3.8) is 0 Å². The first-order valence-electron chi connectivity index (χ1n) is 6.98. The van der Waals surface area contributed by atoms with Crippen LogP contribution >= 0.6 is 0 Å². The van der Waals surface area contributed by atoms with Crippen LogP contribution < -0.4 is 33.3 Å². The fourth-order valence-electron chi connectivity index (χ4n) is 2.42. The van der Waals surface area contributed by atoms with Crippen LogP contribution in [-0.2, 0) is 7.05 Å². The molecule has 3 aromatic rings. The number of pyridine rings is 1. The van der Waals surface area contributed by atoms with E-state index in [1.165, 1.54) is 16.6 Å². The molecule has 22 heavy (non-hydrogen) atoms. The van der Waals surface area contributed by atoms with Crippen molar-refractivity contribution in [1.29, 1.82) is 0 Å². The molecule has 0 bridgehead atoms. The number of aryl methyl sites for hydroxylation is 1. The predicted octanol–water partition coefficient (Wildman–Crippen LogP) is 0.847. The van der Waals surface area contributed by atoms with Gasteiger partial charge in [-0.3, -0.25) is 0 Å². The van der Waals surface area contributed by atoms with Crippen molar-refractivity contribution >= 4 is 23.1 Å². The predicted molar refractivity (Wildman–Crippen MR) is 87.0 cm³/mol. The summed E-state index contributed by atoms with van der Waals surface area (Å²) in [6, 6.07) is 20.7. The normalized spacial score (nSPS) is 10.6. The number of halogens is 1. The standard InChI is InChI=1S/C19H18NO.HI/c1-20-17(12-10-16-5-3-4-6-19(16)20)11-7-15-8-13-18(21-2)14-9-15;/h3-14H,1-2H3;1H/q+1;/p-1. The molecule has 1 heterocycles. The molecule has 0 amide bonds. The Morgan fingerprint density at radius 1 is 0.864 bits per heavy atom. The summed E-state index contributed by atoms with van der Waals surface area (Å²) in [6.07, 6.45) is 4.25. The number of benzene rings is 2. The average Bonchev–Trinajstić information content (AvgIpc) is 2.55. The van der Waals surface area contributed by atoms with Crippen LogP contribution in [0.2, 0.25) is 0 Å². The number of aromatic nitrogens is 1. The Balaban J connectivity index is 0.00000176. The van der Waals surface area contributed by atoms with Gasteiger partial charge in [-0.25, -0.2) is 0 Å². The Hall–Kier alpha value is -1.88. The lowest BCUT2D eigenvalue weighted by Gasteiger charge is -2.00. The second-order valence-electron chi connectivity index (χ2n) is 4.98. The van der Waals surface area contributed by atoms with Crippen LogP contribution in [-0.4, -0.2) is 7.11 Å². The highest BCUT2D eigenvalue weighted by atomic mass is 127. The Morgan fingerprint density at radius 2 is 1.59 bits per heavy atom. The van der Waals surface area contributed by atoms with Gasteiger partial charge in [-0.05, 0) is 35.9 Å². The second-order valence-corrected chi connectivity index (χ2v) is 4.98. The highest BCUT2D eigenvalue weighted by Gasteiger charge is 2.07. The fraction of sp³-hybridized carbons (Fsp3) is 0.105. The third kappa shape index (κ3) is 3.47. The molecule has 0 N–H and O–H groups in total. The van der Waals surface area contributed by atoms with E-state index in [-0.39, 0.29) is 24.0 Å². The van der Waals surface area contributed by atoms with Gasteiger partial charge in [0.05, 0.1) is 7.11 Å². The highest BCUT2D eigenvalue weighted by molar-refractivity contribution is 5.77. The molecule has 112 valence electrons. The first-order chi connectivity index (χ1) is 10.3. The molecule has 0 aliphatic carbocycles. The lowest BCUT2D eigenvalue weighted by molar-refractivity contribution is -0.646. The summed E-state index contributed by atoms with van der Waals surface area (Å²) in [7, 11) is 3.77. The van der Waals surface area contributed by atoms with E-state index in [4.69, 9.17) is 4.74 Å². The molecule has 1 aromatic heterocycles. The zero-order valence-corrected chi connectivity index (χ0v) is 14.8. The average molecular weight is 403 g/mol. The van der Waals surface area contributed by atoms with Crippen molar-refractivity contribution in [1.82, 2.24) is 0 Å². The monoisotopic (exact) mass is 403 g/mol. The molecule has 2 aromatic carbocycles. The van der Waals surface area contributed by atoms with E-state index < -0.39 is 0 Å². The van der Waals surface area contributed by atoms with Gasteiger partial charge in [-0.2, -0.15) is 4.57 Å². The molecule has 0 aliphatic rings. The number of hydrogen-bond acceptors (Lipinski definition) is 1. The van der Waals surface area contributed by atoms with Crippen molar-refractivity contribution in [2.24, 2.45) is 7.05 Å². The maximum Gasteiger partial charge on any atom is 0.212 e.